The minimum Gasteiger partial charge on any atom is -0.449 e. The van der Waals surface area contributed by atoms with Crippen molar-refractivity contribution >= 4 is 45.2 Å². The minimum atomic E-state index is -0.644. The van der Waals surface area contributed by atoms with E-state index >= 15 is 0 Å². The summed E-state index contributed by atoms with van der Waals surface area (Å²) in [5, 5.41) is -0.113. The molecule has 0 saturated carbocycles. The number of carbonyl (C=O) groups excluding carboxylic acids is 1. The molecule has 0 spiro atoms. The van der Waals surface area contributed by atoms with Gasteiger partial charge in [0.05, 0.1) is 11.1 Å². The maximum absolute atomic E-state index is 11.6. The molecule has 0 radical (unpaired) electrons. The van der Waals surface area contributed by atoms with Crippen molar-refractivity contribution in [1.29, 1.82) is 0 Å². The molecule has 16 heavy (non-hydrogen) atoms. The summed E-state index contributed by atoms with van der Waals surface area (Å²) in [4.78, 5) is 16.7. The number of hydrogen-bond donors (Lipinski definition) is 1. The number of rotatable bonds is 2. The van der Waals surface area contributed by atoms with Crippen LogP contribution in [-0.4, -0.2) is 22.8 Å². The summed E-state index contributed by atoms with van der Waals surface area (Å²) >= 11 is 8.05. The first-order chi connectivity index (χ1) is 7.57. The lowest BCUT2D eigenvalue weighted by atomic mass is 10.4. The van der Waals surface area contributed by atoms with Gasteiger partial charge in [0, 0.05) is 6.20 Å². The lowest BCUT2D eigenvalue weighted by Gasteiger charge is -2.19. The first kappa shape index (κ1) is 12.9. The number of aromatic nitrogens is 1. The summed E-state index contributed by atoms with van der Waals surface area (Å²) in [6.45, 7) is 1.94. The van der Waals surface area contributed by atoms with Gasteiger partial charge in [-0.3, -0.25) is 0 Å². The number of ether oxygens (including phenoxy) is 1. The van der Waals surface area contributed by atoms with Gasteiger partial charge in [-0.15, -0.1) is 0 Å². The minimum absolute atomic E-state index is 0.113. The Balaban J connectivity index is 3.08. The Morgan fingerprint density at radius 1 is 1.75 bits per heavy atom. The normalized spacial score (nSPS) is 9.62. The average Bonchev–Trinajstić information content (AvgIpc) is 2.21. The number of pyridine rings is 1. The van der Waals surface area contributed by atoms with E-state index in [1.54, 1.807) is 19.1 Å². The molecule has 5 nitrogen and oxygen atoms in total. The fraction of sp³-hybridized carbons (Fsp3) is 0.222. The molecule has 0 aliphatic rings. The Labute approximate surface area is 107 Å². The van der Waals surface area contributed by atoms with Crippen LogP contribution in [0.4, 0.5) is 10.6 Å². The van der Waals surface area contributed by atoms with E-state index in [9.17, 15) is 4.79 Å². The van der Waals surface area contributed by atoms with Crippen molar-refractivity contribution in [1.82, 2.24) is 4.98 Å². The largest absolute Gasteiger partial charge is 0.449 e. The van der Waals surface area contributed by atoms with Crippen molar-refractivity contribution in [3.63, 3.8) is 0 Å². The zero-order chi connectivity index (χ0) is 12.1. The van der Waals surface area contributed by atoms with Crippen molar-refractivity contribution in [2.24, 2.45) is 5.73 Å². The van der Waals surface area contributed by atoms with E-state index in [0.29, 0.717) is 10.3 Å². The van der Waals surface area contributed by atoms with E-state index < -0.39 is 6.09 Å². The maximum Gasteiger partial charge on any atom is 0.422 e. The van der Waals surface area contributed by atoms with E-state index in [4.69, 9.17) is 22.7 Å². The Bertz CT molecular complexity index is 413. The van der Waals surface area contributed by atoms with Crippen molar-refractivity contribution in [2.45, 2.75) is 6.92 Å². The monoisotopic (exact) mass is 303 g/mol. The molecule has 0 fully saturated rings. The molecule has 1 amide bonds. The highest BCUT2D eigenvalue weighted by atomic mass is 79.9. The summed E-state index contributed by atoms with van der Waals surface area (Å²) in [6, 6.07) is 3.45. The number of nitrogens with zero attached hydrogens (tertiary/aromatic N) is 2. The highest BCUT2D eigenvalue weighted by Gasteiger charge is 2.22. The smallest absolute Gasteiger partial charge is 0.422 e. The number of amides is 1. The zero-order valence-electron chi connectivity index (χ0n) is 8.51. The average molecular weight is 304 g/mol. The number of hydrogen-bond acceptors (Lipinski definition) is 4. The molecule has 0 aliphatic heterocycles. The van der Waals surface area contributed by atoms with Crippen LogP contribution >= 0.6 is 28.1 Å². The molecule has 1 aromatic heterocycles. The molecule has 1 rings (SSSR count). The highest BCUT2D eigenvalue weighted by Crippen LogP contribution is 2.23. The molecule has 0 atom stereocenters. The van der Waals surface area contributed by atoms with Crippen LogP contribution in [0.5, 0.6) is 0 Å². The molecule has 1 aromatic rings. The second-order valence-corrected chi connectivity index (χ2v) is 3.95. The van der Waals surface area contributed by atoms with E-state index in [2.05, 4.69) is 20.9 Å². The Kier molecular flexibility index (Phi) is 4.63. The van der Waals surface area contributed by atoms with Gasteiger partial charge in [-0.2, -0.15) is 0 Å². The van der Waals surface area contributed by atoms with Crippen LogP contribution in [0.3, 0.4) is 0 Å². The van der Waals surface area contributed by atoms with Gasteiger partial charge in [0.25, 0.3) is 0 Å². The number of halogens is 1. The molecule has 86 valence electrons. The summed E-state index contributed by atoms with van der Waals surface area (Å²) in [5.41, 5.74) is 5.46. The zero-order valence-corrected chi connectivity index (χ0v) is 10.9. The molecular weight excluding hydrogens is 294 g/mol. The molecule has 0 aliphatic carbocycles. The quantitative estimate of drug-likeness (QED) is 0.847. The van der Waals surface area contributed by atoms with Gasteiger partial charge in [0.1, 0.15) is 0 Å². The molecule has 1 heterocycles. The van der Waals surface area contributed by atoms with Crippen LogP contribution in [0.15, 0.2) is 22.8 Å². The number of anilines is 1. The van der Waals surface area contributed by atoms with Gasteiger partial charge in [-0.25, -0.2) is 14.7 Å². The van der Waals surface area contributed by atoms with Crippen LogP contribution in [-0.2, 0) is 4.74 Å². The van der Waals surface area contributed by atoms with Crippen LogP contribution in [0, 0.1) is 0 Å². The van der Waals surface area contributed by atoms with E-state index in [0.717, 1.165) is 4.90 Å². The van der Waals surface area contributed by atoms with Gasteiger partial charge in [0.15, 0.2) is 10.9 Å². The third kappa shape index (κ3) is 2.89. The number of nitrogens with two attached hydrogens (primary N) is 1. The third-order valence-electron chi connectivity index (χ3n) is 1.62. The van der Waals surface area contributed by atoms with Gasteiger partial charge in [-0.1, -0.05) is 0 Å². The van der Waals surface area contributed by atoms with Crippen molar-refractivity contribution in [3.05, 3.63) is 22.8 Å². The van der Waals surface area contributed by atoms with Gasteiger partial charge in [-0.05, 0) is 47.2 Å². The summed E-state index contributed by atoms with van der Waals surface area (Å²) in [6.07, 6.45) is 0.888. The molecular formula is C9H10BrN3O2S. The first-order valence-corrected chi connectivity index (χ1v) is 5.65. The van der Waals surface area contributed by atoms with Crippen LogP contribution in [0.2, 0.25) is 0 Å². The fourth-order valence-corrected chi connectivity index (χ4v) is 1.60. The topological polar surface area (TPSA) is 68.5 Å². The Morgan fingerprint density at radius 3 is 2.94 bits per heavy atom. The lowest BCUT2D eigenvalue weighted by Crippen LogP contribution is -2.41. The molecule has 7 heteroatoms. The summed E-state index contributed by atoms with van der Waals surface area (Å²) in [5.74, 6) is 0.313. The highest BCUT2D eigenvalue weighted by molar-refractivity contribution is 9.10. The van der Waals surface area contributed by atoms with Crippen molar-refractivity contribution in [3.8, 4) is 0 Å². The standard InChI is InChI=1S/C9H10BrN3O2S/c1-2-15-9(14)13(8(11)16)7-6(10)4-3-5-12-7/h3-5H,2H2,1H3,(H2,11,16). The molecule has 0 bridgehead atoms. The number of carbonyl (C=O) groups is 1. The first-order valence-electron chi connectivity index (χ1n) is 4.44. The third-order valence-corrected chi connectivity index (χ3v) is 2.42. The molecule has 2 N–H and O–H groups in total. The van der Waals surface area contributed by atoms with Gasteiger partial charge in [0.2, 0.25) is 0 Å². The number of thiocarbonyl (C=S) groups is 1. The lowest BCUT2D eigenvalue weighted by molar-refractivity contribution is 0.163. The second-order valence-electron chi connectivity index (χ2n) is 2.68. The van der Waals surface area contributed by atoms with E-state index in [-0.39, 0.29) is 11.7 Å². The van der Waals surface area contributed by atoms with Crippen molar-refractivity contribution < 1.29 is 9.53 Å². The van der Waals surface area contributed by atoms with Crippen molar-refractivity contribution in [2.75, 3.05) is 11.5 Å². The molecule has 0 saturated heterocycles. The van der Waals surface area contributed by atoms with E-state index in [1.807, 2.05) is 0 Å². The summed E-state index contributed by atoms with van der Waals surface area (Å²) in [7, 11) is 0. The van der Waals surface area contributed by atoms with Crippen LogP contribution < -0.4 is 10.6 Å². The van der Waals surface area contributed by atoms with Gasteiger partial charge >= 0.3 is 6.09 Å². The maximum atomic E-state index is 11.6. The van der Waals surface area contributed by atoms with E-state index in [1.165, 1.54) is 6.20 Å². The fourth-order valence-electron chi connectivity index (χ4n) is 1.01. The predicted octanol–water partition coefficient (Wildman–Crippen LogP) is 2.05. The second kappa shape index (κ2) is 5.76. The molecule has 0 aromatic carbocycles. The Hall–Kier alpha value is -1.21. The predicted molar refractivity (Wildman–Crippen MR) is 68.2 cm³/mol. The SMILES string of the molecule is CCOC(=O)N(C(N)=S)c1ncccc1Br. The Morgan fingerprint density at radius 2 is 2.44 bits per heavy atom. The van der Waals surface area contributed by atoms with Gasteiger partial charge < -0.3 is 10.5 Å². The molecule has 0 unspecified atom stereocenters. The van der Waals surface area contributed by atoms with Crippen LogP contribution in [0.1, 0.15) is 6.92 Å². The summed E-state index contributed by atoms with van der Waals surface area (Å²) < 4.78 is 5.44. The van der Waals surface area contributed by atoms with Crippen LogP contribution in [0.25, 0.3) is 0 Å².